The second-order valence-corrected chi connectivity index (χ2v) is 5.67. The lowest BCUT2D eigenvalue weighted by Gasteiger charge is -2.37. The highest BCUT2D eigenvalue weighted by atomic mass is 16.6. The van der Waals surface area contributed by atoms with Crippen molar-refractivity contribution >= 4 is 11.4 Å². The zero-order chi connectivity index (χ0) is 14.8. The number of anilines is 1. The number of nitrogens with zero attached hydrogens (tertiary/aromatic N) is 1. The molecule has 2 aromatic carbocycles. The molecule has 1 aliphatic carbocycles. The second kappa shape index (κ2) is 5.56. The van der Waals surface area contributed by atoms with Gasteiger partial charge in [0.2, 0.25) is 0 Å². The van der Waals surface area contributed by atoms with Crippen molar-refractivity contribution in [2.24, 2.45) is 0 Å². The number of nitrogens with one attached hydrogen (secondary N) is 1. The molecule has 4 heteroatoms. The zero-order valence-electron chi connectivity index (χ0n) is 12.0. The fraction of sp³-hybridized carbons (Fsp3) is 0.294. The molecule has 108 valence electrons. The van der Waals surface area contributed by atoms with Crippen molar-refractivity contribution in [1.29, 1.82) is 0 Å². The normalized spacial score (nSPS) is 20.6. The molecule has 2 aromatic rings. The highest BCUT2D eigenvalue weighted by Gasteiger charge is 2.31. The lowest BCUT2D eigenvalue weighted by atomic mass is 9.74. The Kier molecular flexibility index (Phi) is 3.60. The van der Waals surface area contributed by atoms with Gasteiger partial charge in [0.25, 0.3) is 5.69 Å². The van der Waals surface area contributed by atoms with Crippen LogP contribution < -0.4 is 5.32 Å². The molecular weight excluding hydrogens is 264 g/mol. The van der Waals surface area contributed by atoms with Crippen LogP contribution >= 0.6 is 0 Å². The average Bonchev–Trinajstić information content (AvgIpc) is 2.44. The molecule has 0 spiro atoms. The van der Waals surface area contributed by atoms with Gasteiger partial charge in [-0.05, 0) is 42.9 Å². The van der Waals surface area contributed by atoms with Crippen LogP contribution in [-0.4, -0.2) is 11.0 Å². The maximum absolute atomic E-state index is 10.8. The Balaban J connectivity index is 1.61. The molecule has 1 saturated carbocycles. The highest BCUT2D eigenvalue weighted by molar-refractivity contribution is 5.52. The summed E-state index contributed by atoms with van der Waals surface area (Å²) in [6.45, 7) is 2.15. The maximum Gasteiger partial charge on any atom is 0.271 e. The largest absolute Gasteiger partial charge is 0.382 e. The van der Waals surface area contributed by atoms with Crippen molar-refractivity contribution < 1.29 is 4.92 Å². The topological polar surface area (TPSA) is 55.2 Å². The molecule has 0 saturated heterocycles. The van der Waals surface area contributed by atoms with E-state index in [-0.39, 0.29) is 10.6 Å². The van der Waals surface area contributed by atoms with Gasteiger partial charge in [-0.25, -0.2) is 0 Å². The van der Waals surface area contributed by atoms with Crippen molar-refractivity contribution in [2.75, 3.05) is 5.32 Å². The van der Waals surface area contributed by atoms with E-state index in [9.17, 15) is 10.1 Å². The lowest BCUT2D eigenvalue weighted by molar-refractivity contribution is -0.384. The first-order chi connectivity index (χ1) is 10.1. The summed E-state index contributed by atoms with van der Waals surface area (Å²) in [6, 6.07) is 15.6. The fourth-order valence-electron chi connectivity index (χ4n) is 2.98. The van der Waals surface area contributed by atoms with Gasteiger partial charge in [0.05, 0.1) is 4.92 Å². The van der Waals surface area contributed by atoms with E-state index in [4.69, 9.17) is 0 Å². The van der Waals surface area contributed by atoms with E-state index < -0.39 is 0 Å². The first-order valence-electron chi connectivity index (χ1n) is 7.20. The molecule has 0 heterocycles. The van der Waals surface area contributed by atoms with E-state index in [0.717, 1.165) is 18.5 Å². The Morgan fingerprint density at radius 1 is 1.14 bits per heavy atom. The molecule has 0 unspecified atom stereocenters. The standard InChI is InChI=1S/C17H18N2O2/c1-12-5-2-3-8-17(12)13-9-15(10-13)18-14-6-4-7-16(11-14)19(20)21/h2-8,11,13,15,18H,9-10H2,1H3. The average molecular weight is 282 g/mol. The molecule has 1 N–H and O–H groups in total. The van der Waals surface area contributed by atoms with Crippen LogP contribution in [0.3, 0.4) is 0 Å². The Bertz CT molecular complexity index is 663. The molecule has 0 bridgehead atoms. The third-order valence-electron chi connectivity index (χ3n) is 4.19. The molecule has 3 rings (SSSR count). The number of non-ortho nitro benzene ring substituents is 1. The summed E-state index contributed by atoms with van der Waals surface area (Å²) >= 11 is 0. The summed E-state index contributed by atoms with van der Waals surface area (Å²) in [7, 11) is 0. The monoisotopic (exact) mass is 282 g/mol. The summed E-state index contributed by atoms with van der Waals surface area (Å²) < 4.78 is 0. The van der Waals surface area contributed by atoms with Crippen molar-refractivity contribution in [3.8, 4) is 0 Å². The lowest BCUT2D eigenvalue weighted by Crippen LogP contribution is -2.34. The number of hydrogen-bond donors (Lipinski definition) is 1. The summed E-state index contributed by atoms with van der Waals surface area (Å²) in [5.41, 5.74) is 3.73. The van der Waals surface area contributed by atoms with Gasteiger partial charge >= 0.3 is 0 Å². The molecular formula is C17H18N2O2. The van der Waals surface area contributed by atoms with Gasteiger partial charge in [-0.3, -0.25) is 10.1 Å². The molecule has 1 fully saturated rings. The quantitative estimate of drug-likeness (QED) is 0.673. The minimum absolute atomic E-state index is 0.134. The van der Waals surface area contributed by atoms with Gasteiger partial charge in [-0.1, -0.05) is 30.3 Å². The van der Waals surface area contributed by atoms with Gasteiger partial charge in [-0.2, -0.15) is 0 Å². The number of aryl methyl sites for hydroxylation is 1. The van der Waals surface area contributed by atoms with Gasteiger partial charge in [-0.15, -0.1) is 0 Å². The molecule has 21 heavy (non-hydrogen) atoms. The molecule has 0 radical (unpaired) electrons. The van der Waals surface area contributed by atoms with Crippen molar-refractivity contribution in [3.63, 3.8) is 0 Å². The van der Waals surface area contributed by atoms with Crippen LogP contribution in [-0.2, 0) is 0 Å². The smallest absolute Gasteiger partial charge is 0.271 e. The number of nitro groups is 1. The molecule has 1 aliphatic rings. The van der Waals surface area contributed by atoms with Gasteiger partial charge in [0.15, 0.2) is 0 Å². The second-order valence-electron chi connectivity index (χ2n) is 5.67. The first kappa shape index (κ1) is 13.6. The third-order valence-corrected chi connectivity index (χ3v) is 4.19. The van der Waals surface area contributed by atoms with E-state index >= 15 is 0 Å². The van der Waals surface area contributed by atoms with Crippen LogP contribution in [0.15, 0.2) is 48.5 Å². The molecule has 4 nitrogen and oxygen atoms in total. The predicted octanol–water partition coefficient (Wildman–Crippen LogP) is 4.26. The predicted molar refractivity (Wildman–Crippen MR) is 83.7 cm³/mol. The fourth-order valence-corrected chi connectivity index (χ4v) is 2.98. The summed E-state index contributed by atoms with van der Waals surface area (Å²) in [4.78, 5) is 10.4. The summed E-state index contributed by atoms with van der Waals surface area (Å²) in [5, 5.41) is 14.2. The number of rotatable bonds is 4. The Morgan fingerprint density at radius 3 is 2.62 bits per heavy atom. The van der Waals surface area contributed by atoms with Crippen LogP contribution in [0.1, 0.15) is 29.9 Å². The number of nitro benzene ring substituents is 1. The SMILES string of the molecule is Cc1ccccc1C1CC(Nc2cccc([N+](=O)[O-])c2)C1. The minimum Gasteiger partial charge on any atom is -0.382 e. The third kappa shape index (κ3) is 2.89. The van der Waals surface area contributed by atoms with E-state index in [1.807, 2.05) is 6.07 Å². The van der Waals surface area contributed by atoms with E-state index in [2.05, 4.69) is 36.5 Å². The Labute approximate surface area is 124 Å². The van der Waals surface area contributed by atoms with Crippen LogP contribution in [0.2, 0.25) is 0 Å². The van der Waals surface area contributed by atoms with Gasteiger partial charge < -0.3 is 5.32 Å². The molecule has 0 amide bonds. The van der Waals surface area contributed by atoms with Gasteiger partial charge in [0.1, 0.15) is 0 Å². The zero-order valence-corrected chi connectivity index (χ0v) is 12.0. The number of hydrogen-bond acceptors (Lipinski definition) is 3. The van der Waals surface area contributed by atoms with Crippen LogP contribution in [0.4, 0.5) is 11.4 Å². The molecule has 0 aromatic heterocycles. The molecule has 0 atom stereocenters. The van der Waals surface area contributed by atoms with E-state index in [1.54, 1.807) is 12.1 Å². The van der Waals surface area contributed by atoms with Crippen LogP contribution in [0, 0.1) is 17.0 Å². The molecule has 0 aliphatic heterocycles. The van der Waals surface area contributed by atoms with Crippen molar-refractivity contribution in [3.05, 3.63) is 69.8 Å². The first-order valence-corrected chi connectivity index (χ1v) is 7.20. The minimum atomic E-state index is -0.359. The van der Waals surface area contributed by atoms with Crippen LogP contribution in [0.5, 0.6) is 0 Å². The maximum atomic E-state index is 10.8. The van der Waals surface area contributed by atoms with Crippen molar-refractivity contribution in [2.45, 2.75) is 31.7 Å². The van der Waals surface area contributed by atoms with Gasteiger partial charge in [0, 0.05) is 23.9 Å². The Morgan fingerprint density at radius 2 is 1.90 bits per heavy atom. The van der Waals surface area contributed by atoms with Crippen LogP contribution in [0.25, 0.3) is 0 Å². The van der Waals surface area contributed by atoms with E-state index in [0.29, 0.717) is 12.0 Å². The Hall–Kier alpha value is -2.36. The van der Waals surface area contributed by atoms with Crippen molar-refractivity contribution in [1.82, 2.24) is 0 Å². The number of benzene rings is 2. The van der Waals surface area contributed by atoms with E-state index in [1.165, 1.54) is 17.2 Å². The summed E-state index contributed by atoms with van der Waals surface area (Å²) in [5.74, 6) is 0.599. The highest BCUT2D eigenvalue weighted by Crippen LogP contribution is 2.39. The summed E-state index contributed by atoms with van der Waals surface area (Å²) in [6.07, 6.45) is 2.15.